The van der Waals surface area contributed by atoms with Crippen molar-refractivity contribution in [3.63, 3.8) is 0 Å². The van der Waals surface area contributed by atoms with Gasteiger partial charge >= 0.3 is 6.18 Å². The van der Waals surface area contributed by atoms with Crippen LogP contribution >= 0.6 is 0 Å². The molecule has 0 spiro atoms. The van der Waals surface area contributed by atoms with E-state index in [9.17, 15) is 23.2 Å². The van der Waals surface area contributed by atoms with Gasteiger partial charge in [0.2, 0.25) is 5.91 Å². The molecule has 4 heterocycles. The summed E-state index contributed by atoms with van der Waals surface area (Å²) in [6, 6.07) is 13.2. The molecule has 1 amide bonds. The number of pyridine rings is 1. The van der Waals surface area contributed by atoms with E-state index in [1.807, 2.05) is 48.5 Å². The van der Waals surface area contributed by atoms with Crippen LogP contribution in [0.5, 0.6) is 0 Å². The molecule has 3 aromatic rings. The summed E-state index contributed by atoms with van der Waals surface area (Å²) in [5.41, 5.74) is 1.39. The first kappa shape index (κ1) is 27.7. The molecule has 2 saturated heterocycles. The Hall–Kier alpha value is -3.84. The number of hydrogen-bond acceptors (Lipinski definition) is 5. The molecule has 0 bridgehead atoms. The zero-order valence-corrected chi connectivity index (χ0v) is 22.7. The second-order valence-electron chi connectivity index (χ2n) is 10.7. The van der Waals surface area contributed by atoms with Gasteiger partial charge in [0.05, 0.1) is 33.6 Å². The van der Waals surface area contributed by atoms with Crippen molar-refractivity contribution in [2.45, 2.75) is 50.4 Å². The summed E-state index contributed by atoms with van der Waals surface area (Å²) < 4.78 is 41.8. The molecule has 0 saturated carbocycles. The van der Waals surface area contributed by atoms with Gasteiger partial charge in [0, 0.05) is 44.6 Å². The zero-order chi connectivity index (χ0) is 28.5. The van der Waals surface area contributed by atoms with Crippen LogP contribution in [-0.4, -0.2) is 59.6 Å². The molecule has 7 nitrogen and oxygen atoms in total. The lowest BCUT2D eigenvalue weighted by molar-refractivity contribution is -0.137. The first-order valence-electron chi connectivity index (χ1n) is 13.6. The predicted octanol–water partition coefficient (Wildman–Crippen LogP) is 4.82. The molecule has 2 aliphatic heterocycles. The third kappa shape index (κ3) is 5.30. The van der Waals surface area contributed by atoms with E-state index < -0.39 is 17.2 Å². The van der Waals surface area contributed by atoms with E-state index >= 15 is 0 Å². The summed E-state index contributed by atoms with van der Waals surface area (Å²) >= 11 is 0. The fourth-order valence-electron chi connectivity index (χ4n) is 5.98. The molecule has 210 valence electrons. The van der Waals surface area contributed by atoms with Crippen molar-refractivity contribution in [3.8, 4) is 17.5 Å². The molecule has 2 aliphatic rings. The van der Waals surface area contributed by atoms with Gasteiger partial charge in [-0.1, -0.05) is 6.07 Å². The monoisotopic (exact) mass is 550 g/mol. The standard InChI is InChI=1S/C30H33F3N6O/c1-3-38-13-4-5-27(38)25-8-6-23(19-35-25)29(28(40)36-24-10-14-37(2)20-24)11-15-39(16-12-29)26-9-7-22(30(31,32)33)17-21(26)18-34/h4-9,13,17,19,24H,3,10-12,14-16,20H2,1-2H3,(H,36,40)/t24-/m0/s1. The molecule has 40 heavy (non-hydrogen) atoms. The van der Waals surface area contributed by atoms with Gasteiger partial charge in [-0.3, -0.25) is 9.78 Å². The Morgan fingerprint density at radius 3 is 2.55 bits per heavy atom. The van der Waals surface area contributed by atoms with Crippen molar-refractivity contribution >= 4 is 11.6 Å². The first-order valence-corrected chi connectivity index (χ1v) is 13.6. The van der Waals surface area contributed by atoms with Crippen LogP contribution in [0.3, 0.4) is 0 Å². The van der Waals surface area contributed by atoms with Gasteiger partial charge < -0.3 is 19.7 Å². The van der Waals surface area contributed by atoms with Crippen molar-refractivity contribution in [1.29, 1.82) is 5.26 Å². The number of alkyl halides is 3. The SMILES string of the molecule is CCn1cccc1-c1ccc(C2(C(=O)N[C@H]3CCN(C)C3)CCN(c3ccc(C(F)(F)F)cc3C#N)CC2)cn1. The maximum Gasteiger partial charge on any atom is 0.416 e. The second kappa shape index (κ2) is 11.0. The smallest absolute Gasteiger partial charge is 0.370 e. The topological polar surface area (TPSA) is 77.2 Å². The minimum absolute atomic E-state index is 0.0225. The van der Waals surface area contributed by atoms with Gasteiger partial charge in [0.25, 0.3) is 0 Å². The fraction of sp³-hybridized carbons (Fsp3) is 0.433. The van der Waals surface area contributed by atoms with Crippen molar-refractivity contribution in [1.82, 2.24) is 19.8 Å². The highest BCUT2D eigenvalue weighted by Crippen LogP contribution is 2.40. The van der Waals surface area contributed by atoms with E-state index in [0.29, 0.717) is 31.6 Å². The molecule has 0 unspecified atom stereocenters. The molecule has 0 aliphatic carbocycles. The van der Waals surface area contributed by atoms with E-state index in [2.05, 4.69) is 21.7 Å². The molecule has 1 atom stereocenters. The van der Waals surface area contributed by atoms with Gasteiger partial charge in [-0.2, -0.15) is 18.4 Å². The number of halogens is 3. The Morgan fingerprint density at radius 1 is 1.18 bits per heavy atom. The summed E-state index contributed by atoms with van der Waals surface area (Å²) in [5.74, 6) is -0.0492. The van der Waals surface area contributed by atoms with Crippen LogP contribution < -0.4 is 10.2 Å². The Labute approximate surface area is 232 Å². The lowest BCUT2D eigenvalue weighted by Crippen LogP contribution is -2.54. The second-order valence-corrected chi connectivity index (χ2v) is 10.7. The molecular weight excluding hydrogens is 517 g/mol. The summed E-state index contributed by atoms with van der Waals surface area (Å²) in [5, 5.41) is 12.9. The minimum Gasteiger partial charge on any atom is -0.370 e. The number of rotatable bonds is 6. The summed E-state index contributed by atoms with van der Waals surface area (Å²) in [6.45, 7) is 5.43. The maximum absolute atomic E-state index is 14.0. The summed E-state index contributed by atoms with van der Waals surface area (Å²) in [7, 11) is 2.03. The molecule has 0 radical (unpaired) electrons. The number of carbonyl (C=O) groups excluding carboxylic acids is 1. The number of nitrogens with zero attached hydrogens (tertiary/aromatic N) is 5. The van der Waals surface area contributed by atoms with Gasteiger partial charge in [0.15, 0.2) is 0 Å². The number of amides is 1. The quantitative estimate of drug-likeness (QED) is 0.476. The highest BCUT2D eigenvalue weighted by Gasteiger charge is 2.44. The van der Waals surface area contributed by atoms with E-state index in [0.717, 1.165) is 55.1 Å². The van der Waals surface area contributed by atoms with Crippen LogP contribution in [0.1, 0.15) is 42.9 Å². The Balaban J connectivity index is 1.43. The lowest BCUT2D eigenvalue weighted by Gasteiger charge is -2.42. The van der Waals surface area contributed by atoms with Crippen LogP contribution in [0.15, 0.2) is 54.9 Å². The average molecular weight is 551 g/mol. The van der Waals surface area contributed by atoms with Crippen molar-refractivity contribution in [3.05, 3.63) is 71.5 Å². The number of hydrogen-bond donors (Lipinski definition) is 1. The predicted molar refractivity (Wildman–Crippen MR) is 147 cm³/mol. The number of nitrogens with one attached hydrogen (secondary N) is 1. The van der Waals surface area contributed by atoms with Crippen molar-refractivity contribution < 1.29 is 18.0 Å². The van der Waals surface area contributed by atoms with E-state index in [-0.39, 0.29) is 17.5 Å². The van der Waals surface area contributed by atoms with Crippen molar-refractivity contribution in [2.24, 2.45) is 0 Å². The average Bonchev–Trinajstić information content (AvgIpc) is 3.61. The highest BCUT2D eigenvalue weighted by atomic mass is 19.4. The van der Waals surface area contributed by atoms with Crippen LogP contribution in [-0.2, 0) is 22.9 Å². The van der Waals surface area contributed by atoms with Crippen LogP contribution in [0.2, 0.25) is 0 Å². The van der Waals surface area contributed by atoms with Crippen LogP contribution in [0.4, 0.5) is 18.9 Å². The maximum atomic E-state index is 14.0. The molecule has 10 heteroatoms. The van der Waals surface area contributed by atoms with E-state index in [4.69, 9.17) is 4.98 Å². The number of piperidine rings is 1. The highest BCUT2D eigenvalue weighted by molar-refractivity contribution is 5.89. The number of aryl methyl sites for hydroxylation is 1. The van der Waals surface area contributed by atoms with E-state index in [1.54, 1.807) is 6.20 Å². The molecule has 5 rings (SSSR count). The van der Waals surface area contributed by atoms with Gasteiger partial charge in [-0.15, -0.1) is 0 Å². The number of carbonyl (C=O) groups is 1. The number of benzene rings is 1. The van der Waals surface area contributed by atoms with E-state index in [1.165, 1.54) is 6.07 Å². The Kier molecular flexibility index (Phi) is 7.60. The fourth-order valence-corrected chi connectivity index (χ4v) is 5.98. The van der Waals surface area contributed by atoms with Gasteiger partial charge in [0.1, 0.15) is 6.07 Å². The zero-order valence-electron chi connectivity index (χ0n) is 22.7. The summed E-state index contributed by atoms with van der Waals surface area (Å²) in [4.78, 5) is 22.8. The molecule has 2 aromatic heterocycles. The van der Waals surface area contributed by atoms with Gasteiger partial charge in [-0.25, -0.2) is 0 Å². The third-order valence-electron chi connectivity index (χ3n) is 8.31. The lowest BCUT2D eigenvalue weighted by atomic mass is 9.72. The van der Waals surface area contributed by atoms with Crippen LogP contribution in [0.25, 0.3) is 11.4 Å². The normalized spacial score (nSPS) is 19.4. The Bertz CT molecular complexity index is 1400. The Morgan fingerprint density at radius 2 is 1.95 bits per heavy atom. The largest absolute Gasteiger partial charge is 0.416 e. The molecule has 2 fully saturated rings. The molecular formula is C30H33F3N6O. The minimum atomic E-state index is -4.52. The number of likely N-dealkylation sites (tertiary alicyclic amines) is 1. The number of likely N-dealkylation sites (N-methyl/N-ethyl adjacent to an activating group) is 1. The van der Waals surface area contributed by atoms with Crippen LogP contribution in [0, 0.1) is 11.3 Å². The van der Waals surface area contributed by atoms with Crippen molar-refractivity contribution in [2.75, 3.05) is 38.1 Å². The number of nitriles is 1. The van der Waals surface area contributed by atoms with Gasteiger partial charge in [-0.05, 0) is 81.7 Å². The summed E-state index contributed by atoms with van der Waals surface area (Å²) in [6.07, 6.45) is 1.04. The third-order valence-corrected chi connectivity index (χ3v) is 8.31. The molecule has 1 N–H and O–H groups in total. The number of anilines is 1. The number of aromatic nitrogens is 2. The first-order chi connectivity index (χ1) is 19.1. The molecule has 1 aromatic carbocycles.